The van der Waals surface area contributed by atoms with Gasteiger partial charge in [-0.15, -0.1) is 0 Å². The van der Waals surface area contributed by atoms with Crippen LogP contribution >= 0.6 is 0 Å². The van der Waals surface area contributed by atoms with Crippen molar-refractivity contribution in [1.82, 2.24) is 10.2 Å². The molecule has 1 saturated heterocycles. The summed E-state index contributed by atoms with van der Waals surface area (Å²) in [6, 6.07) is 8.76. The Kier molecular flexibility index (Phi) is 5.04. The van der Waals surface area contributed by atoms with Crippen molar-refractivity contribution in [3.63, 3.8) is 0 Å². The highest BCUT2D eigenvalue weighted by Gasteiger charge is 2.26. The number of hydrogen-bond donors (Lipinski definition) is 1. The molecular formula is C18H28N2O. The van der Waals surface area contributed by atoms with Crippen molar-refractivity contribution in [2.45, 2.75) is 58.0 Å². The van der Waals surface area contributed by atoms with Crippen LogP contribution in [0.4, 0.5) is 0 Å². The fraction of sp³-hybridized carbons (Fsp3) is 0.611. The van der Waals surface area contributed by atoms with Crippen molar-refractivity contribution in [3.8, 4) is 0 Å². The number of carbonyl (C=O) groups excluding carboxylic acids is 1. The first-order valence-electron chi connectivity index (χ1n) is 7.97. The zero-order valence-corrected chi connectivity index (χ0v) is 13.8. The van der Waals surface area contributed by atoms with Crippen LogP contribution in [0.1, 0.15) is 50.7 Å². The molecule has 116 valence electrons. The largest absolute Gasteiger partial charge is 0.347 e. The summed E-state index contributed by atoms with van der Waals surface area (Å²) in [6.45, 7) is 7.34. The molecule has 1 amide bonds. The van der Waals surface area contributed by atoms with E-state index in [2.05, 4.69) is 56.2 Å². The Labute approximate surface area is 128 Å². The molecule has 1 aliphatic rings. The van der Waals surface area contributed by atoms with Crippen LogP contribution in [0.2, 0.25) is 0 Å². The lowest BCUT2D eigenvalue weighted by molar-refractivity contribution is -0.124. The minimum Gasteiger partial charge on any atom is -0.347 e. The Balaban J connectivity index is 1.97. The number of aryl methyl sites for hydroxylation is 1. The summed E-state index contributed by atoms with van der Waals surface area (Å²) in [5.74, 6) is 0.153. The summed E-state index contributed by atoms with van der Waals surface area (Å²) in [6.07, 6.45) is 4.23. The predicted octanol–water partition coefficient (Wildman–Crippen LogP) is 3.22. The first-order chi connectivity index (χ1) is 9.88. The lowest BCUT2D eigenvalue weighted by Gasteiger charge is -2.33. The van der Waals surface area contributed by atoms with Gasteiger partial charge in [0.1, 0.15) is 0 Å². The van der Waals surface area contributed by atoms with Crippen molar-refractivity contribution in [2.24, 2.45) is 0 Å². The Bertz CT molecular complexity index is 496. The molecule has 2 rings (SSSR count). The quantitative estimate of drug-likeness (QED) is 0.922. The van der Waals surface area contributed by atoms with E-state index in [9.17, 15) is 4.79 Å². The predicted molar refractivity (Wildman–Crippen MR) is 87.2 cm³/mol. The van der Waals surface area contributed by atoms with Gasteiger partial charge in [0, 0.05) is 12.5 Å². The van der Waals surface area contributed by atoms with Gasteiger partial charge in [-0.25, -0.2) is 0 Å². The molecule has 0 aliphatic carbocycles. The molecule has 1 unspecified atom stereocenters. The first kappa shape index (κ1) is 16.0. The van der Waals surface area contributed by atoms with Gasteiger partial charge in [-0.1, -0.05) is 36.2 Å². The maximum atomic E-state index is 12.4. The zero-order chi connectivity index (χ0) is 15.5. The van der Waals surface area contributed by atoms with E-state index >= 15 is 0 Å². The second-order valence-corrected chi connectivity index (χ2v) is 6.88. The lowest BCUT2D eigenvalue weighted by Crippen LogP contribution is -2.45. The Hall–Kier alpha value is -1.35. The molecule has 0 spiro atoms. The fourth-order valence-electron chi connectivity index (χ4n) is 3.12. The number of likely N-dealkylation sites (tertiary alicyclic amines) is 1. The van der Waals surface area contributed by atoms with E-state index in [4.69, 9.17) is 0 Å². The summed E-state index contributed by atoms with van der Waals surface area (Å²) >= 11 is 0. The molecule has 3 nitrogen and oxygen atoms in total. The second-order valence-electron chi connectivity index (χ2n) is 6.88. The van der Waals surface area contributed by atoms with Crippen LogP contribution in [-0.2, 0) is 10.3 Å². The SMILES string of the molecule is Cc1cccc(C(C)(C)NC(=O)CC2CCCCN2C)c1. The normalized spacial score (nSPS) is 20.3. The second kappa shape index (κ2) is 6.61. The minimum atomic E-state index is -0.323. The van der Waals surface area contributed by atoms with Crippen LogP contribution in [-0.4, -0.2) is 30.4 Å². The van der Waals surface area contributed by atoms with Gasteiger partial charge in [0.25, 0.3) is 0 Å². The zero-order valence-electron chi connectivity index (χ0n) is 13.8. The summed E-state index contributed by atoms with van der Waals surface area (Å²) in [4.78, 5) is 14.7. The van der Waals surface area contributed by atoms with E-state index in [0.29, 0.717) is 12.5 Å². The van der Waals surface area contributed by atoms with Crippen LogP contribution in [0.3, 0.4) is 0 Å². The van der Waals surface area contributed by atoms with Gasteiger partial charge in [0.15, 0.2) is 0 Å². The van der Waals surface area contributed by atoms with Crippen LogP contribution in [0.5, 0.6) is 0 Å². The topological polar surface area (TPSA) is 32.3 Å². The molecule has 0 bridgehead atoms. The third-order valence-electron chi connectivity index (χ3n) is 4.53. The maximum Gasteiger partial charge on any atom is 0.222 e. The number of piperidine rings is 1. The summed E-state index contributed by atoms with van der Waals surface area (Å²) in [5, 5.41) is 3.20. The number of nitrogens with zero attached hydrogens (tertiary/aromatic N) is 1. The van der Waals surface area contributed by atoms with E-state index in [-0.39, 0.29) is 11.4 Å². The van der Waals surface area contributed by atoms with Crippen molar-refractivity contribution in [1.29, 1.82) is 0 Å². The summed E-state index contributed by atoms with van der Waals surface area (Å²) in [7, 11) is 2.13. The maximum absolute atomic E-state index is 12.4. The minimum absolute atomic E-state index is 0.153. The Morgan fingerprint density at radius 3 is 2.81 bits per heavy atom. The van der Waals surface area contributed by atoms with Gasteiger partial charge < -0.3 is 10.2 Å². The molecule has 1 aliphatic heterocycles. The summed E-state index contributed by atoms with van der Waals surface area (Å²) < 4.78 is 0. The Morgan fingerprint density at radius 2 is 2.14 bits per heavy atom. The van der Waals surface area contributed by atoms with Crippen molar-refractivity contribution in [3.05, 3.63) is 35.4 Å². The van der Waals surface area contributed by atoms with Crippen LogP contribution in [0, 0.1) is 6.92 Å². The number of hydrogen-bond acceptors (Lipinski definition) is 2. The fourth-order valence-corrected chi connectivity index (χ4v) is 3.12. The third kappa shape index (κ3) is 4.31. The smallest absolute Gasteiger partial charge is 0.222 e. The summed E-state index contributed by atoms with van der Waals surface area (Å²) in [5.41, 5.74) is 2.06. The number of nitrogens with one attached hydrogen (secondary N) is 1. The number of carbonyl (C=O) groups is 1. The Morgan fingerprint density at radius 1 is 1.38 bits per heavy atom. The average molecular weight is 288 g/mol. The van der Waals surface area contributed by atoms with Crippen molar-refractivity contribution >= 4 is 5.91 Å². The van der Waals surface area contributed by atoms with Crippen LogP contribution < -0.4 is 5.32 Å². The molecule has 1 atom stereocenters. The molecule has 1 aromatic rings. The highest BCUT2D eigenvalue weighted by atomic mass is 16.1. The number of amides is 1. The monoisotopic (exact) mass is 288 g/mol. The molecular weight excluding hydrogens is 260 g/mol. The molecule has 1 fully saturated rings. The third-order valence-corrected chi connectivity index (χ3v) is 4.53. The number of benzene rings is 1. The van der Waals surface area contributed by atoms with E-state index in [0.717, 1.165) is 18.5 Å². The van der Waals surface area contributed by atoms with E-state index < -0.39 is 0 Å². The van der Waals surface area contributed by atoms with Gasteiger partial charge >= 0.3 is 0 Å². The van der Waals surface area contributed by atoms with Crippen LogP contribution in [0.25, 0.3) is 0 Å². The van der Waals surface area contributed by atoms with Crippen LogP contribution in [0.15, 0.2) is 24.3 Å². The molecule has 1 N–H and O–H groups in total. The molecule has 21 heavy (non-hydrogen) atoms. The van der Waals surface area contributed by atoms with E-state index in [1.165, 1.54) is 18.4 Å². The highest BCUT2D eigenvalue weighted by molar-refractivity contribution is 5.77. The van der Waals surface area contributed by atoms with E-state index in [1.54, 1.807) is 0 Å². The molecule has 0 saturated carbocycles. The molecule has 0 radical (unpaired) electrons. The first-order valence-corrected chi connectivity index (χ1v) is 7.97. The van der Waals surface area contributed by atoms with E-state index in [1.807, 2.05) is 6.07 Å². The van der Waals surface area contributed by atoms with Crippen molar-refractivity contribution in [2.75, 3.05) is 13.6 Å². The van der Waals surface area contributed by atoms with Gasteiger partial charge in [-0.3, -0.25) is 4.79 Å². The number of rotatable bonds is 4. The van der Waals surface area contributed by atoms with Gasteiger partial charge in [0.05, 0.1) is 5.54 Å². The average Bonchev–Trinajstić information content (AvgIpc) is 2.41. The van der Waals surface area contributed by atoms with Gasteiger partial charge in [-0.2, -0.15) is 0 Å². The molecule has 1 aromatic carbocycles. The lowest BCUT2D eigenvalue weighted by atomic mass is 9.92. The van der Waals surface area contributed by atoms with Gasteiger partial charge in [0.2, 0.25) is 5.91 Å². The van der Waals surface area contributed by atoms with Crippen molar-refractivity contribution < 1.29 is 4.79 Å². The standard InChI is InChI=1S/C18H28N2O/c1-14-8-7-9-15(12-14)18(2,3)19-17(21)13-16-10-5-6-11-20(16)4/h7-9,12,16H,5-6,10-11,13H2,1-4H3,(H,19,21). The molecule has 3 heteroatoms. The van der Waals surface area contributed by atoms with Gasteiger partial charge in [-0.05, 0) is 52.8 Å². The highest BCUT2D eigenvalue weighted by Crippen LogP contribution is 2.22. The molecule has 0 aromatic heterocycles. The molecule has 1 heterocycles.